The lowest BCUT2D eigenvalue weighted by Gasteiger charge is -2.07. The molecule has 0 spiro atoms. The number of imidazole rings is 1. The van der Waals surface area contributed by atoms with Crippen molar-refractivity contribution >= 4 is 5.65 Å². The normalized spacial score (nSPS) is 13.0. The number of hydrogen-bond donors (Lipinski definition) is 1. The molecule has 0 radical (unpaired) electrons. The van der Waals surface area contributed by atoms with E-state index in [-0.39, 0.29) is 6.04 Å². The summed E-state index contributed by atoms with van der Waals surface area (Å²) >= 11 is 0. The Balaban J connectivity index is 2.17. The SMILES string of the molecule is CC(N)COc1ccc2nccn2n1. The van der Waals surface area contributed by atoms with Crippen LogP contribution in [-0.4, -0.2) is 27.2 Å². The molecule has 2 N–H and O–H groups in total. The number of rotatable bonds is 3. The fraction of sp³-hybridized carbons (Fsp3) is 0.333. The zero-order valence-corrected chi connectivity index (χ0v) is 7.92. The van der Waals surface area contributed by atoms with Crippen LogP contribution in [0.5, 0.6) is 5.88 Å². The Morgan fingerprint density at radius 1 is 1.57 bits per heavy atom. The molecule has 0 aliphatic rings. The Bertz CT molecular complexity index is 423. The van der Waals surface area contributed by atoms with Crippen LogP contribution in [0.15, 0.2) is 24.5 Å². The van der Waals surface area contributed by atoms with Gasteiger partial charge in [-0.15, -0.1) is 5.10 Å². The highest BCUT2D eigenvalue weighted by molar-refractivity contribution is 5.37. The van der Waals surface area contributed by atoms with Crippen LogP contribution in [0.2, 0.25) is 0 Å². The summed E-state index contributed by atoms with van der Waals surface area (Å²) in [7, 11) is 0. The van der Waals surface area contributed by atoms with Crippen molar-refractivity contribution in [3.63, 3.8) is 0 Å². The van der Waals surface area contributed by atoms with Crippen LogP contribution in [0.3, 0.4) is 0 Å². The van der Waals surface area contributed by atoms with Crippen molar-refractivity contribution in [3.05, 3.63) is 24.5 Å². The van der Waals surface area contributed by atoms with E-state index in [0.29, 0.717) is 12.5 Å². The molecule has 0 amide bonds. The Labute approximate surface area is 81.5 Å². The highest BCUT2D eigenvalue weighted by Crippen LogP contribution is 2.07. The Morgan fingerprint density at radius 2 is 2.43 bits per heavy atom. The van der Waals surface area contributed by atoms with E-state index < -0.39 is 0 Å². The molecule has 14 heavy (non-hydrogen) atoms. The van der Waals surface area contributed by atoms with Crippen LogP contribution in [0.1, 0.15) is 6.92 Å². The zero-order chi connectivity index (χ0) is 9.97. The predicted molar refractivity (Wildman–Crippen MR) is 52.1 cm³/mol. The highest BCUT2D eigenvalue weighted by atomic mass is 16.5. The molecule has 1 unspecified atom stereocenters. The second kappa shape index (κ2) is 3.63. The highest BCUT2D eigenvalue weighted by Gasteiger charge is 2.00. The Kier molecular flexibility index (Phi) is 2.32. The second-order valence-corrected chi connectivity index (χ2v) is 3.19. The quantitative estimate of drug-likeness (QED) is 0.767. The third kappa shape index (κ3) is 1.82. The molecule has 1 atom stereocenters. The van der Waals surface area contributed by atoms with Gasteiger partial charge in [0, 0.05) is 24.5 Å². The van der Waals surface area contributed by atoms with Crippen molar-refractivity contribution in [2.45, 2.75) is 13.0 Å². The summed E-state index contributed by atoms with van der Waals surface area (Å²) in [6.45, 7) is 2.35. The van der Waals surface area contributed by atoms with Gasteiger partial charge in [-0.1, -0.05) is 0 Å². The van der Waals surface area contributed by atoms with Gasteiger partial charge in [-0.25, -0.2) is 9.50 Å². The molecule has 74 valence electrons. The number of aromatic nitrogens is 3. The number of nitrogens with zero attached hydrogens (tertiary/aromatic N) is 3. The smallest absolute Gasteiger partial charge is 0.231 e. The minimum atomic E-state index is 0.00952. The van der Waals surface area contributed by atoms with Gasteiger partial charge in [0.05, 0.1) is 0 Å². The third-order valence-corrected chi connectivity index (χ3v) is 1.72. The van der Waals surface area contributed by atoms with E-state index >= 15 is 0 Å². The largest absolute Gasteiger partial charge is 0.475 e. The van der Waals surface area contributed by atoms with E-state index in [0.717, 1.165) is 5.65 Å². The molecule has 0 aromatic carbocycles. The first-order valence-electron chi connectivity index (χ1n) is 4.44. The van der Waals surface area contributed by atoms with Crippen molar-refractivity contribution in [1.82, 2.24) is 14.6 Å². The summed E-state index contributed by atoms with van der Waals surface area (Å²) in [6, 6.07) is 3.64. The molecule has 2 aromatic heterocycles. The van der Waals surface area contributed by atoms with Crippen LogP contribution in [0, 0.1) is 0 Å². The minimum Gasteiger partial charge on any atom is -0.475 e. The molecule has 2 rings (SSSR count). The van der Waals surface area contributed by atoms with Crippen LogP contribution < -0.4 is 10.5 Å². The van der Waals surface area contributed by atoms with Crippen LogP contribution >= 0.6 is 0 Å². The maximum Gasteiger partial charge on any atom is 0.231 e. The Morgan fingerprint density at radius 3 is 3.21 bits per heavy atom. The van der Waals surface area contributed by atoms with Crippen LogP contribution in [0.25, 0.3) is 5.65 Å². The summed E-state index contributed by atoms with van der Waals surface area (Å²) in [4.78, 5) is 4.08. The first-order chi connectivity index (χ1) is 6.75. The summed E-state index contributed by atoms with van der Waals surface area (Å²) in [6.07, 6.45) is 3.46. The predicted octanol–water partition coefficient (Wildman–Crippen LogP) is 0.455. The van der Waals surface area contributed by atoms with Gasteiger partial charge < -0.3 is 10.5 Å². The lowest BCUT2D eigenvalue weighted by Crippen LogP contribution is -2.24. The van der Waals surface area contributed by atoms with Gasteiger partial charge in [0.25, 0.3) is 0 Å². The van der Waals surface area contributed by atoms with Gasteiger partial charge >= 0.3 is 0 Å². The van der Waals surface area contributed by atoms with Crippen LogP contribution in [0.4, 0.5) is 0 Å². The lowest BCUT2D eigenvalue weighted by atomic mass is 10.4. The first-order valence-corrected chi connectivity index (χ1v) is 4.44. The van der Waals surface area contributed by atoms with E-state index in [4.69, 9.17) is 10.5 Å². The average Bonchev–Trinajstić information content (AvgIpc) is 2.61. The maximum absolute atomic E-state index is 5.56. The van der Waals surface area contributed by atoms with Crippen molar-refractivity contribution in [1.29, 1.82) is 0 Å². The zero-order valence-electron chi connectivity index (χ0n) is 7.92. The standard InChI is InChI=1S/C9H12N4O/c1-7(10)6-14-9-3-2-8-11-4-5-13(8)12-9/h2-5,7H,6,10H2,1H3. The molecule has 0 bridgehead atoms. The summed E-state index contributed by atoms with van der Waals surface area (Å²) in [5, 5.41) is 4.18. The fourth-order valence-electron chi connectivity index (χ4n) is 1.09. The summed E-state index contributed by atoms with van der Waals surface area (Å²) < 4.78 is 7.02. The van der Waals surface area contributed by atoms with Crippen molar-refractivity contribution in [2.24, 2.45) is 5.73 Å². The van der Waals surface area contributed by atoms with E-state index in [1.807, 2.05) is 13.0 Å². The van der Waals surface area contributed by atoms with E-state index in [1.165, 1.54) is 0 Å². The Hall–Kier alpha value is -1.62. The summed E-state index contributed by atoms with van der Waals surface area (Å²) in [5.41, 5.74) is 6.36. The van der Waals surface area contributed by atoms with E-state index in [2.05, 4.69) is 10.1 Å². The monoisotopic (exact) mass is 192 g/mol. The molecule has 0 aliphatic carbocycles. The lowest BCUT2D eigenvalue weighted by molar-refractivity contribution is 0.281. The number of hydrogen-bond acceptors (Lipinski definition) is 4. The fourth-order valence-corrected chi connectivity index (χ4v) is 1.09. The van der Waals surface area contributed by atoms with Gasteiger partial charge in [-0.2, -0.15) is 0 Å². The number of ether oxygens (including phenoxy) is 1. The van der Waals surface area contributed by atoms with E-state index in [1.54, 1.807) is 23.0 Å². The molecule has 5 heteroatoms. The van der Waals surface area contributed by atoms with Gasteiger partial charge in [-0.05, 0) is 13.0 Å². The van der Waals surface area contributed by atoms with Gasteiger partial charge in [0.15, 0.2) is 5.65 Å². The van der Waals surface area contributed by atoms with Gasteiger partial charge in [0.1, 0.15) is 6.61 Å². The molecular formula is C9H12N4O. The first kappa shape index (κ1) is 8.96. The molecular weight excluding hydrogens is 180 g/mol. The van der Waals surface area contributed by atoms with Crippen LogP contribution in [-0.2, 0) is 0 Å². The summed E-state index contributed by atoms with van der Waals surface area (Å²) in [5.74, 6) is 0.563. The topological polar surface area (TPSA) is 65.4 Å². The van der Waals surface area contributed by atoms with Gasteiger partial charge in [0.2, 0.25) is 5.88 Å². The molecule has 2 aromatic rings. The second-order valence-electron chi connectivity index (χ2n) is 3.19. The number of fused-ring (bicyclic) bond motifs is 1. The molecule has 5 nitrogen and oxygen atoms in total. The molecule has 0 saturated carbocycles. The van der Waals surface area contributed by atoms with Gasteiger partial charge in [-0.3, -0.25) is 0 Å². The third-order valence-electron chi connectivity index (χ3n) is 1.72. The molecule has 0 fully saturated rings. The average molecular weight is 192 g/mol. The van der Waals surface area contributed by atoms with Crippen molar-refractivity contribution in [3.8, 4) is 5.88 Å². The minimum absolute atomic E-state index is 0.00952. The molecule has 2 heterocycles. The molecule has 0 saturated heterocycles. The van der Waals surface area contributed by atoms with E-state index in [9.17, 15) is 0 Å². The number of nitrogens with two attached hydrogens (primary N) is 1. The van der Waals surface area contributed by atoms with Crippen molar-refractivity contribution < 1.29 is 4.74 Å². The maximum atomic E-state index is 5.56. The molecule has 0 aliphatic heterocycles. The van der Waals surface area contributed by atoms with Crippen molar-refractivity contribution in [2.75, 3.05) is 6.61 Å².